The summed E-state index contributed by atoms with van der Waals surface area (Å²) >= 11 is 3.37. The van der Waals surface area contributed by atoms with Gasteiger partial charge in [0.2, 0.25) is 0 Å². The molecule has 0 unspecified atom stereocenters. The van der Waals surface area contributed by atoms with Gasteiger partial charge in [-0.05, 0) is 52.7 Å². The van der Waals surface area contributed by atoms with Crippen molar-refractivity contribution in [3.05, 3.63) is 58.1 Å². The number of rotatable bonds is 5. The number of carbonyl (C=O) groups is 1. The molecule has 0 aromatic heterocycles. The van der Waals surface area contributed by atoms with Gasteiger partial charge in [-0.15, -0.1) is 0 Å². The summed E-state index contributed by atoms with van der Waals surface area (Å²) in [5.41, 5.74) is 7.49. The van der Waals surface area contributed by atoms with E-state index in [1.807, 2.05) is 19.1 Å². The predicted octanol–water partition coefficient (Wildman–Crippen LogP) is 4.05. The van der Waals surface area contributed by atoms with Crippen molar-refractivity contribution in [3.8, 4) is 5.75 Å². The van der Waals surface area contributed by atoms with Crippen molar-refractivity contribution >= 4 is 27.4 Å². The fraction of sp³-hybridized carbons (Fsp3) is 0.188. The summed E-state index contributed by atoms with van der Waals surface area (Å²) < 4.78 is 6.24. The van der Waals surface area contributed by atoms with E-state index in [0.29, 0.717) is 33.6 Å². The molecule has 2 aromatic rings. The average molecular weight is 334 g/mol. The lowest BCUT2D eigenvalue weighted by atomic mass is 10.0. The van der Waals surface area contributed by atoms with E-state index in [4.69, 9.17) is 10.5 Å². The zero-order chi connectivity index (χ0) is 14.5. The molecular weight excluding hydrogens is 318 g/mol. The van der Waals surface area contributed by atoms with Crippen LogP contribution in [0.3, 0.4) is 0 Å². The molecule has 0 saturated carbocycles. The van der Waals surface area contributed by atoms with Crippen LogP contribution in [0.1, 0.15) is 29.3 Å². The normalized spacial score (nSPS) is 10.3. The summed E-state index contributed by atoms with van der Waals surface area (Å²) in [6.07, 6.45) is 0.932. The van der Waals surface area contributed by atoms with Gasteiger partial charge < -0.3 is 10.5 Å². The predicted molar refractivity (Wildman–Crippen MR) is 84.2 cm³/mol. The lowest BCUT2D eigenvalue weighted by molar-refractivity contribution is 0.103. The van der Waals surface area contributed by atoms with E-state index in [1.165, 1.54) is 0 Å². The highest BCUT2D eigenvalue weighted by atomic mass is 79.9. The SMILES string of the molecule is CCCOc1cccc(C(=O)c2ccc(N)cc2Br)c1. The molecule has 0 amide bonds. The monoisotopic (exact) mass is 333 g/mol. The van der Waals surface area contributed by atoms with Gasteiger partial charge in [-0.25, -0.2) is 0 Å². The van der Waals surface area contributed by atoms with Crippen LogP contribution in [-0.4, -0.2) is 12.4 Å². The number of hydrogen-bond acceptors (Lipinski definition) is 3. The molecule has 0 fully saturated rings. The molecule has 0 radical (unpaired) electrons. The van der Waals surface area contributed by atoms with Gasteiger partial charge in [-0.3, -0.25) is 4.79 Å². The Hall–Kier alpha value is -1.81. The van der Waals surface area contributed by atoms with Gasteiger partial charge >= 0.3 is 0 Å². The fourth-order valence-electron chi connectivity index (χ4n) is 1.82. The van der Waals surface area contributed by atoms with Gasteiger partial charge in [0.1, 0.15) is 5.75 Å². The molecule has 0 aliphatic carbocycles. The quantitative estimate of drug-likeness (QED) is 0.663. The van der Waals surface area contributed by atoms with Crippen molar-refractivity contribution in [2.45, 2.75) is 13.3 Å². The van der Waals surface area contributed by atoms with Gasteiger partial charge in [-0.1, -0.05) is 19.1 Å². The second kappa shape index (κ2) is 6.57. The smallest absolute Gasteiger partial charge is 0.194 e. The van der Waals surface area contributed by atoms with Crippen LogP contribution in [0.4, 0.5) is 5.69 Å². The maximum absolute atomic E-state index is 12.5. The first-order valence-corrected chi connectivity index (χ1v) is 7.23. The second-order valence-corrected chi connectivity index (χ2v) is 5.30. The van der Waals surface area contributed by atoms with Crippen molar-refractivity contribution in [3.63, 3.8) is 0 Å². The third kappa shape index (κ3) is 3.39. The Balaban J connectivity index is 2.28. The Morgan fingerprint density at radius 3 is 2.75 bits per heavy atom. The summed E-state index contributed by atoms with van der Waals surface area (Å²) in [5.74, 6) is 0.656. The molecule has 2 rings (SSSR count). The van der Waals surface area contributed by atoms with Crippen molar-refractivity contribution in [2.75, 3.05) is 12.3 Å². The molecular formula is C16H16BrNO2. The molecule has 104 valence electrons. The number of halogens is 1. The summed E-state index contributed by atoms with van der Waals surface area (Å²) in [5, 5.41) is 0. The number of carbonyl (C=O) groups excluding carboxylic acids is 1. The molecule has 0 aliphatic heterocycles. The van der Waals surface area contributed by atoms with Gasteiger partial charge in [0.05, 0.1) is 6.61 Å². The highest BCUT2D eigenvalue weighted by Gasteiger charge is 2.13. The van der Waals surface area contributed by atoms with Crippen LogP contribution >= 0.6 is 15.9 Å². The van der Waals surface area contributed by atoms with Crippen LogP contribution in [0.25, 0.3) is 0 Å². The van der Waals surface area contributed by atoms with E-state index in [-0.39, 0.29) is 5.78 Å². The molecule has 3 nitrogen and oxygen atoms in total. The fourth-order valence-corrected chi connectivity index (χ4v) is 2.39. The standard InChI is InChI=1S/C16H16BrNO2/c1-2-8-20-13-5-3-4-11(9-13)16(19)14-7-6-12(18)10-15(14)17/h3-7,9-10H,2,8,18H2,1H3. The van der Waals surface area contributed by atoms with Crippen molar-refractivity contribution in [1.29, 1.82) is 0 Å². The largest absolute Gasteiger partial charge is 0.494 e. The van der Waals surface area contributed by atoms with Crippen LogP contribution in [0.15, 0.2) is 46.9 Å². The Labute approximate surface area is 126 Å². The maximum atomic E-state index is 12.5. The Kier molecular flexibility index (Phi) is 4.79. The number of nitrogens with two attached hydrogens (primary N) is 1. The topological polar surface area (TPSA) is 52.3 Å². The number of benzene rings is 2. The van der Waals surface area contributed by atoms with E-state index >= 15 is 0 Å². The van der Waals surface area contributed by atoms with E-state index < -0.39 is 0 Å². The van der Waals surface area contributed by atoms with Crippen molar-refractivity contribution in [2.24, 2.45) is 0 Å². The van der Waals surface area contributed by atoms with Gasteiger partial charge in [0, 0.05) is 21.3 Å². The van der Waals surface area contributed by atoms with E-state index in [1.54, 1.807) is 30.3 Å². The number of ketones is 1. The highest BCUT2D eigenvalue weighted by molar-refractivity contribution is 9.10. The molecule has 0 aliphatic rings. The lowest BCUT2D eigenvalue weighted by Crippen LogP contribution is -2.04. The first-order valence-electron chi connectivity index (χ1n) is 6.44. The van der Waals surface area contributed by atoms with Crippen molar-refractivity contribution < 1.29 is 9.53 Å². The Bertz CT molecular complexity index is 626. The molecule has 20 heavy (non-hydrogen) atoms. The molecule has 0 saturated heterocycles. The van der Waals surface area contributed by atoms with Gasteiger partial charge in [0.25, 0.3) is 0 Å². The minimum absolute atomic E-state index is 0.0566. The summed E-state index contributed by atoms with van der Waals surface area (Å²) in [7, 11) is 0. The first kappa shape index (κ1) is 14.6. The van der Waals surface area contributed by atoms with Crippen LogP contribution in [0.2, 0.25) is 0 Å². The number of ether oxygens (including phenoxy) is 1. The first-order chi connectivity index (χ1) is 9.61. The number of nitrogen functional groups attached to an aromatic ring is 1. The third-order valence-corrected chi connectivity index (χ3v) is 3.46. The van der Waals surface area contributed by atoms with Crippen LogP contribution < -0.4 is 10.5 Å². The van der Waals surface area contributed by atoms with Gasteiger partial charge in [0.15, 0.2) is 5.78 Å². The van der Waals surface area contributed by atoms with Crippen LogP contribution in [-0.2, 0) is 0 Å². The summed E-state index contributed by atoms with van der Waals surface area (Å²) in [4.78, 5) is 12.5. The number of anilines is 1. The summed E-state index contributed by atoms with van der Waals surface area (Å²) in [6, 6.07) is 12.4. The van der Waals surface area contributed by atoms with Crippen molar-refractivity contribution in [1.82, 2.24) is 0 Å². The maximum Gasteiger partial charge on any atom is 0.194 e. The van der Waals surface area contributed by atoms with E-state index in [9.17, 15) is 4.79 Å². The third-order valence-electron chi connectivity index (χ3n) is 2.81. The minimum atomic E-state index is -0.0566. The second-order valence-electron chi connectivity index (χ2n) is 4.44. The molecule has 0 heterocycles. The molecule has 0 bridgehead atoms. The number of hydrogen-bond donors (Lipinski definition) is 1. The molecule has 0 spiro atoms. The van der Waals surface area contributed by atoms with E-state index in [0.717, 1.165) is 6.42 Å². The van der Waals surface area contributed by atoms with Gasteiger partial charge in [-0.2, -0.15) is 0 Å². The molecule has 2 aromatic carbocycles. The average Bonchev–Trinajstić information content (AvgIpc) is 2.45. The Morgan fingerprint density at radius 2 is 2.05 bits per heavy atom. The Morgan fingerprint density at radius 1 is 1.25 bits per heavy atom. The minimum Gasteiger partial charge on any atom is -0.494 e. The molecule has 2 N–H and O–H groups in total. The van der Waals surface area contributed by atoms with Crippen LogP contribution in [0, 0.1) is 0 Å². The highest BCUT2D eigenvalue weighted by Crippen LogP contribution is 2.24. The molecule has 0 atom stereocenters. The zero-order valence-corrected chi connectivity index (χ0v) is 12.8. The van der Waals surface area contributed by atoms with Crippen LogP contribution in [0.5, 0.6) is 5.75 Å². The van der Waals surface area contributed by atoms with E-state index in [2.05, 4.69) is 15.9 Å². The zero-order valence-electron chi connectivity index (χ0n) is 11.2. The lowest BCUT2D eigenvalue weighted by Gasteiger charge is -2.08. The summed E-state index contributed by atoms with van der Waals surface area (Å²) in [6.45, 7) is 2.68. The molecule has 4 heteroatoms.